The Morgan fingerprint density at radius 3 is 2.11 bits per heavy atom. The normalized spacial score (nSPS) is 13.8. The largest absolute Gasteiger partial charge is 0.497 e. The fraction of sp³-hybridized carbons (Fsp3) is 0.529. The Labute approximate surface area is 222 Å². The summed E-state index contributed by atoms with van der Waals surface area (Å²) in [4.78, 5) is 0. The van der Waals surface area contributed by atoms with Gasteiger partial charge in [-0.25, -0.2) is 0 Å². The number of allylic oxidation sites excluding steroid dienone is 1. The number of hydrogen-bond acceptors (Lipinski definition) is 2. The molecular weight excluding hydrogens is 440 g/mol. The van der Waals surface area contributed by atoms with Gasteiger partial charge in [-0.2, -0.15) is 0 Å². The van der Waals surface area contributed by atoms with Gasteiger partial charge in [-0.1, -0.05) is 102 Å². The van der Waals surface area contributed by atoms with E-state index >= 15 is 0 Å². The van der Waals surface area contributed by atoms with Gasteiger partial charge in [0.05, 0.1) is 6.26 Å². The van der Waals surface area contributed by atoms with Crippen LogP contribution in [0.15, 0.2) is 68.0 Å². The number of rotatable bonds is 10. The van der Waals surface area contributed by atoms with Crippen LogP contribution in [-0.2, 0) is 22.5 Å². The van der Waals surface area contributed by atoms with Crippen molar-refractivity contribution in [3.63, 3.8) is 0 Å². The van der Waals surface area contributed by atoms with E-state index in [0.717, 1.165) is 31.8 Å². The van der Waals surface area contributed by atoms with Crippen LogP contribution in [0.2, 0.25) is 0 Å². The quantitative estimate of drug-likeness (QED) is 0.243. The molecule has 1 fully saturated rings. The van der Waals surface area contributed by atoms with Gasteiger partial charge in [0, 0.05) is 13.7 Å². The standard InChI is InChI=1S/C16H24.C14H18O.C4H10O/c1-12(16(2,3)4)13-8-10-15(11-9-13)14-6-5-7-14;1-4-6-7-13-8-12(3)9-14(10-13)11-15-5-2;1-3-4-5-2/h8-12,14H,5-7H2,1-4H3;4-5,8-10H,1-2,6-7,11H2,3H3;3-4H2,1-2H3. The summed E-state index contributed by atoms with van der Waals surface area (Å²) in [5, 5.41) is 0. The zero-order valence-corrected chi connectivity index (χ0v) is 24.2. The Bertz CT molecular complexity index is 837. The lowest BCUT2D eigenvalue weighted by atomic mass is 9.76. The van der Waals surface area contributed by atoms with E-state index in [2.05, 4.69) is 97.2 Å². The highest BCUT2D eigenvalue weighted by Crippen LogP contribution is 2.38. The topological polar surface area (TPSA) is 18.5 Å². The first-order chi connectivity index (χ1) is 17.2. The van der Waals surface area contributed by atoms with E-state index in [9.17, 15) is 0 Å². The number of methoxy groups -OCH3 is 1. The molecule has 0 radical (unpaired) electrons. The van der Waals surface area contributed by atoms with Gasteiger partial charge >= 0.3 is 0 Å². The van der Waals surface area contributed by atoms with Gasteiger partial charge in [0.25, 0.3) is 0 Å². The maximum Gasteiger partial charge on any atom is 0.112 e. The molecule has 0 bridgehead atoms. The zero-order chi connectivity index (χ0) is 27.0. The summed E-state index contributed by atoms with van der Waals surface area (Å²) >= 11 is 0. The number of aryl methyl sites for hydroxylation is 2. The van der Waals surface area contributed by atoms with E-state index in [-0.39, 0.29) is 0 Å². The monoisotopic (exact) mass is 492 g/mol. The summed E-state index contributed by atoms with van der Waals surface area (Å²) in [7, 11) is 1.71. The molecule has 1 aliphatic carbocycles. The van der Waals surface area contributed by atoms with E-state index in [1.165, 1.54) is 47.8 Å². The van der Waals surface area contributed by atoms with Gasteiger partial charge in [-0.3, -0.25) is 0 Å². The van der Waals surface area contributed by atoms with Crippen molar-refractivity contribution in [3.05, 3.63) is 95.8 Å². The number of benzene rings is 2. The lowest BCUT2D eigenvalue weighted by Gasteiger charge is -2.29. The minimum Gasteiger partial charge on any atom is -0.497 e. The van der Waals surface area contributed by atoms with Crippen molar-refractivity contribution in [2.45, 2.75) is 98.5 Å². The first kappa shape index (κ1) is 31.7. The van der Waals surface area contributed by atoms with Crippen LogP contribution >= 0.6 is 0 Å². The molecule has 0 N–H and O–H groups in total. The molecule has 1 atom stereocenters. The van der Waals surface area contributed by atoms with E-state index in [4.69, 9.17) is 9.47 Å². The van der Waals surface area contributed by atoms with E-state index in [1.807, 2.05) is 6.08 Å². The molecule has 2 nitrogen and oxygen atoms in total. The summed E-state index contributed by atoms with van der Waals surface area (Å²) in [5.74, 6) is 1.49. The van der Waals surface area contributed by atoms with Gasteiger partial charge in [0.15, 0.2) is 0 Å². The van der Waals surface area contributed by atoms with Crippen molar-refractivity contribution in [1.82, 2.24) is 0 Å². The Kier molecular flexibility index (Phi) is 15.1. The maximum absolute atomic E-state index is 5.18. The highest BCUT2D eigenvalue weighted by Gasteiger charge is 2.23. The zero-order valence-electron chi connectivity index (χ0n) is 24.2. The Hall–Kier alpha value is -2.32. The third-order valence-electron chi connectivity index (χ3n) is 6.92. The van der Waals surface area contributed by atoms with Crippen LogP contribution in [0.25, 0.3) is 0 Å². The predicted octanol–water partition coefficient (Wildman–Crippen LogP) is 9.92. The van der Waals surface area contributed by atoms with Gasteiger partial charge in [0.1, 0.15) is 6.61 Å². The Balaban J connectivity index is 0.000000305. The molecule has 200 valence electrons. The first-order valence-corrected chi connectivity index (χ1v) is 13.7. The lowest BCUT2D eigenvalue weighted by molar-refractivity contribution is 0.199. The minimum atomic E-state index is 0.359. The summed E-state index contributed by atoms with van der Waals surface area (Å²) < 4.78 is 9.87. The lowest BCUT2D eigenvalue weighted by Crippen LogP contribution is -2.15. The molecular formula is C34H52O2. The second-order valence-corrected chi connectivity index (χ2v) is 11.0. The van der Waals surface area contributed by atoms with Crippen molar-refractivity contribution in [3.8, 4) is 0 Å². The van der Waals surface area contributed by atoms with E-state index < -0.39 is 0 Å². The van der Waals surface area contributed by atoms with Gasteiger partial charge in [-0.15, -0.1) is 6.58 Å². The molecule has 0 heterocycles. The molecule has 3 rings (SSSR count). The summed E-state index contributed by atoms with van der Waals surface area (Å²) in [6, 6.07) is 15.9. The van der Waals surface area contributed by atoms with Crippen molar-refractivity contribution < 1.29 is 9.47 Å². The van der Waals surface area contributed by atoms with Crippen LogP contribution < -0.4 is 0 Å². The van der Waals surface area contributed by atoms with Gasteiger partial charge in [-0.05, 0) is 78.5 Å². The smallest absolute Gasteiger partial charge is 0.112 e. The molecule has 1 saturated carbocycles. The molecule has 0 aliphatic heterocycles. The molecule has 1 unspecified atom stereocenters. The van der Waals surface area contributed by atoms with Crippen LogP contribution in [-0.4, -0.2) is 13.7 Å². The van der Waals surface area contributed by atoms with E-state index in [0.29, 0.717) is 17.9 Å². The molecule has 36 heavy (non-hydrogen) atoms. The number of ether oxygens (including phenoxy) is 2. The first-order valence-electron chi connectivity index (χ1n) is 13.7. The van der Waals surface area contributed by atoms with Crippen LogP contribution in [0.3, 0.4) is 0 Å². The number of hydrogen-bond donors (Lipinski definition) is 0. The second-order valence-electron chi connectivity index (χ2n) is 11.0. The van der Waals surface area contributed by atoms with Crippen molar-refractivity contribution in [2.24, 2.45) is 5.41 Å². The molecule has 0 saturated heterocycles. The highest BCUT2D eigenvalue weighted by atomic mass is 16.5. The fourth-order valence-electron chi connectivity index (χ4n) is 4.10. The van der Waals surface area contributed by atoms with Gasteiger partial charge < -0.3 is 9.47 Å². The Morgan fingerprint density at radius 2 is 1.67 bits per heavy atom. The average Bonchev–Trinajstić information content (AvgIpc) is 2.81. The van der Waals surface area contributed by atoms with Crippen molar-refractivity contribution in [1.29, 1.82) is 0 Å². The fourth-order valence-corrected chi connectivity index (χ4v) is 4.10. The summed E-state index contributed by atoms with van der Waals surface area (Å²) in [5.41, 5.74) is 7.22. The van der Waals surface area contributed by atoms with Gasteiger partial charge in [0.2, 0.25) is 0 Å². The maximum atomic E-state index is 5.18. The molecule has 0 spiro atoms. The van der Waals surface area contributed by atoms with Crippen LogP contribution in [0, 0.1) is 12.3 Å². The van der Waals surface area contributed by atoms with Crippen molar-refractivity contribution in [2.75, 3.05) is 13.7 Å². The van der Waals surface area contributed by atoms with Crippen LogP contribution in [0.4, 0.5) is 0 Å². The molecule has 0 aromatic heterocycles. The van der Waals surface area contributed by atoms with Crippen LogP contribution in [0.1, 0.15) is 106 Å². The average molecular weight is 493 g/mol. The Morgan fingerprint density at radius 1 is 1.03 bits per heavy atom. The third-order valence-corrected chi connectivity index (χ3v) is 6.92. The molecule has 2 aromatic carbocycles. The van der Waals surface area contributed by atoms with Crippen molar-refractivity contribution >= 4 is 0 Å². The SMILES string of the molecule is C=CCCc1cc(C)cc(COC=C)c1.CC(c1ccc(C2CCC2)cc1)C(C)(C)C.CCCOC. The summed E-state index contributed by atoms with van der Waals surface area (Å²) in [6.45, 7) is 22.2. The molecule has 2 heteroatoms. The van der Waals surface area contributed by atoms with E-state index in [1.54, 1.807) is 12.7 Å². The third kappa shape index (κ3) is 12.1. The molecule has 1 aliphatic rings. The molecule has 0 amide bonds. The highest BCUT2D eigenvalue weighted by molar-refractivity contribution is 5.30. The van der Waals surface area contributed by atoms with Crippen LogP contribution in [0.5, 0.6) is 0 Å². The second kappa shape index (κ2) is 17.2. The minimum absolute atomic E-state index is 0.359. The summed E-state index contributed by atoms with van der Waals surface area (Å²) in [6.07, 6.45) is 10.8. The molecule has 2 aromatic rings. The predicted molar refractivity (Wildman–Crippen MR) is 158 cm³/mol.